The lowest BCUT2D eigenvalue weighted by Crippen LogP contribution is -2.46. The van der Waals surface area contributed by atoms with Crippen LogP contribution in [0.4, 0.5) is 46.5 Å². The molecule has 4 heterocycles. The molecule has 0 aliphatic carbocycles. The minimum atomic E-state index is -4.24. The Kier molecular flexibility index (Phi) is 17.7. The molecule has 4 unspecified atom stereocenters. The van der Waals surface area contributed by atoms with Crippen molar-refractivity contribution in [2.75, 3.05) is 38.5 Å². The number of ether oxygens (including phenoxy) is 4. The number of Topliss-reactive ketones (excluding diaryl/α,β-unsaturated/α-hetero) is 1. The Morgan fingerprint density at radius 3 is 1.32 bits per heavy atom. The number of fused-ring (bicyclic) bond motifs is 4. The number of rotatable bonds is 16. The summed E-state index contributed by atoms with van der Waals surface area (Å²) in [5.41, 5.74) is 10.1. The molecule has 0 aromatic heterocycles. The number of nitrogen functional groups attached to an aromatic ring is 1. The highest BCUT2D eigenvalue weighted by Crippen LogP contribution is 2.39. The van der Waals surface area contributed by atoms with Crippen molar-refractivity contribution in [1.29, 1.82) is 0 Å². The zero-order chi connectivity index (χ0) is 51.7. The maximum atomic E-state index is 13.4. The monoisotopic (exact) mass is 1000 g/mol. The number of ketones is 1. The Morgan fingerprint density at radius 2 is 0.944 bits per heavy atom. The van der Waals surface area contributed by atoms with E-state index in [0.717, 1.165) is 62.9 Å². The SMILES string of the molecule is CC(F)(F)C(F)(F)COc1ccc(N)cc1.COC(=O)c1ccc(CN2C3CCC2CC(=O)C3)cc1.COC(=O)c1ccc(CN2C3CCC2CC(Nc2ccc(OCC(F)(F)C(C)(F)F)cc2)C3)cc1. The largest absolute Gasteiger partial charge is 0.487 e. The van der Waals surface area contributed by atoms with Gasteiger partial charge in [-0.3, -0.25) is 14.6 Å². The van der Waals surface area contributed by atoms with E-state index in [2.05, 4.69) is 19.9 Å². The van der Waals surface area contributed by atoms with Crippen LogP contribution >= 0.6 is 0 Å². The number of halogens is 8. The molecule has 8 rings (SSSR count). The number of nitrogens with one attached hydrogen (secondary N) is 1. The molecule has 0 saturated carbocycles. The molecular weight excluding hydrogens is 945 g/mol. The zero-order valence-corrected chi connectivity index (χ0v) is 40.0. The predicted octanol–water partition coefficient (Wildman–Crippen LogP) is 10.9. The van der Waals surface area contributed by atoms with Crippen molar-refractivity contribution in [3.05, 3.63) is 119 Å². The molecule has 4 aliphatic heterocycles. The second-order valence-electron chi connectivity index (χ2n) is 18.6. The Balaban J connectivity index is 0.000000193. The van der Waals surface area contributed by atoms with E-state index < -0.39 is 36.9 Å². The van der Waals surface area contributed by atoms with Gasteiger partial charge in [0, 0.05) is 81.4 Å². The molecule has 0 spiro atoms. The molecule has 4 atom stereocenters. The van der Waals surface area contributed by atoms with Crippen molar-refractivity contribution in [2.45, 2.75) is 132 Å². The maximum absolute atomic E-state index is 13.4. The fourth-order valence-corrected chi connectivity index (χ4v) is 9.17. The number of methoxy groups -OCH3 is 2. The van der Waals surface area contributed by atoms with E-state index in [4.69, 9.17) is 19.9 Å². The molecule has 4 aromatic rings. The van der Waals surface area contributed by atoms with Gasteiger partial charge in [-0.2, -0.15) is 17.6 Å². The van der Waals surface area contributed by atoms with Crippen LogP contribution < -0.4 is 20.5 Å². The van der Waals surface area contributed by atoms with Gasteiger partial charge in [0.15, 0.2) is 13.2 Å². The summed E-state index contributed by atoms with van der Waals surface area (Å²) in [7, 11) is 2.76. The quantitative estimate of drug-likeness (QED) is 0.0631. The third kappa shape index (κ3) is 14.6. The fraction of sp³-hybridized carbons (Fsp3) is 0.481. The number of anilines is 2. The minimum Gasteiger partial charge on any atom is -0.487 e. The molecule has 19 heteroatoms. The van der Waals surface area contributed by atoms with Crippen LogP contribution in [0.25, 0.3) is 0 Å². The second kappa shape index (κ2) is 23.1. The summed E-state index contributed by atoms with van der Waals surface area (Å²) in [5.74, 6) is -16.7. The number of hydrogen-bond acceptors (Lipinski definition) is 11. The number of carbonyl (C=O) groups is 3. The van der Waals surface area contributed by atoms with Gasteiger partial charge in [0.05, 0.1) is 25.3 Å². The molecule has 4 saturated heterocycles. The van der Waals surface area contributed by atoms with Crippen LogP contribution in [0, 0.1) is 0 Å². The van der Waals surface area contributed by atoms with E-state index in [-0.39, 0.29) is 43.3 Å². The zero-order valence-electron chi connectivity index (χ0n) is 40.0. The lowest BCUT2D eigenvalue weighted by atomic mass is 9.96. The van der Waals surface area contributed by atoms with Crippen LogP contribution in [-0.4, -0.2) is 109 Å². The van der Waals surface area contributed by atoms with E-state index >= 15 is 0 Å². The van der Waals surface area contributed by atoms with Crippen LogP contribution in [0.5, 0.6) is 11.5 Å². The molecule has 3 N–H and O–H groups in total. The van der Waals surface area contributed by atoms with Crippen molar-refractivity contribution < 1.29 is 68.5 Å². The Bertz CT molecular complexity index is 2350. The fourth-order valence-electron chi connectivity index (χ4n) is 9.17. The average Bonchev–Trinajstić information content (AvgIpc) is 3.70. The number of nitrogens with zero attached hydrogens (tertiary/aromatic N) is 2. The van der Waals surface area contributed by atoms with E-state index in [0.29, 0.717) is 59.6 Å². The first-order chi connectivity index (χ1) is 33.4. The summed E-state index contributed by atoms with van der Waals surface area (Å²) in [6, 6.07) is 29.1. The Hall–Kier alpha value is -5.95. The highest BCUT2D eigenvalue weighted by molar-refractivity contribution is 5.89. The van der Waals surface area contributed by atoms with Gasteiger partial charge in [-0.15, -0.1) is 0 Å². The lowest BCUT2D eigenvalue weighted by Gasteiger charge is -2.39. The second-order valence-corrected chi connectivity index (χ2v) is 18.6. The smallest absolute Gasteiger partial charge is 0.342 e. The molecular formula is C52H60F8N4O7. The number of benzene rings is 4. The number of alkyl halides is 8. The molecule has 11 nitrogen and oxygen atoms in total. The molecule has 71 heavy (non-hydrogen) atoms. The van der Waals surface area contributed by atoms with Crippen molar-refractivity contribution >= 4 is 29.1 Å². The highest BCUT2D eigenvalue weighted by atomic mass is 19.3. The third-order valence-electron chi connectivity index (χ3n) is 13.3. The van der Waals surface area contributed by atoms with Crippen molar-refractivity contribution in [3.63, 3.8) is 0 Å². The van der Waals surface area contributed by atoms with Crippen LogP contribution in [0.1, 0.15) is 97.1 Å². The van der Waals surface area contributed by atoms with E-state index in [1.165, 1.54) is 56.2 Å². The standard InChI is InChI=1S/C26H30F4N2O3.C16H19NO3.C10H11F4NO/c1-25(27,28)26(29,30)16-35-23-11-7-19(8-12-23)31-20-13-21-9-10-22(14-20)32(21)15-17-3-5-18(6-4-17)24(33)34-2;1-20-16(19)12-4-2-11(3-5-12)10-17-13-6-7-14(17)9-15(18)8-13;1-9(11,12)10(13,14)6-16-8-4-2-7(15)3-5-8/h3-8,11-12,20-22,31H,9-10,13-16H2,1-2H3;2-5,13-14H,6-10H2,1H3;2-5H,6,15H2,1H3. The number of nitrogens with two attached hydrogens (primary N) is 1. The van der Waals surface area contributed by atoms with Crippen LogP contribution in [-0.2, 0) is 27.4 Å². The third-order valence-corrected chi connectivity index (χ3v) is 13.3. The van der Waals surface area contributed by atoms with Gasteiger partial charge in [-0.1, -0.05) is 24.3 Å². The molecule has 4 fully saturated rings. The lowest BCUT2D eigenvalue weighted by molar-refractivity contribution is -0.211. The summed E-state index contributed by atoms with van der Waals surface area (Å²) in [6.07, 6.45) is 7.90. The first kappa shape index (κ1) is 54.4. The normalized spacial score (nSPS) is 21.2. The molecule has 0 radical (unpaired) electrons. The Labute approximate surface area is 407 Å². The van der Waals surface area contributed by atoms with Gasteiger partial charge in [0.2, 0.25) is 0 Å². The number of hydrogen-bond donors (Lipinski definition) is 2. The highest BCUT2D eigenvalue weighted by Gasteiger charge is 2.54. The van der Waals surface area contributed by atoms with Crippen molar-refractivity contribution in [3.8, 4) is 11.5 Å². The number of carbonyl (C=O) groups excluding carboxylic acids is 3. The average molecular weight is 1010 g/mol. The summed E-state index contributed by atoms with van der Waals surface area (Å²) in [4.78, 5) is 39.6. The molecule has 386 valence electrons. The minimum absolute atomic E-state index is 0.0677. The van der Waals surface area contributed by atoms with Gasteiger partial charge in [-0.05, 0) is 122 Å². The van der Waals surface area contributed by atoms with Gasteiger partial charge < -0.3 is 30.0 Å². The first-order valence-corrected chi connectivity index (χ1v) is 23.3. The van der Waals surface area contributed by atoms with E-state index in [9.17, 15) is 49.5 Å². The first-order valence-electron chi connectivity index (χ1n) is 23.3. The van der Waals surface area contributed by atoms with Gasteiger partial charge in [0.25, 0.3) is 0 Å². The van der Waals surface area contributed by atoms with Crippen LogP contribution in [0.15, 0.2) is 97.1 Å². The van der Waals surface area contributed by atoms with Crippen LogP contribution in [0.2, 0.25) is 0 Å². The molecule has 4 aromatic carbocycles. The van der Waals surface area contributed by atoms with Crippen molar-refractivity contribution in [1.82, 2.24) is 9.80 Å². The molecule has 4 bridgehead atoms. The van der Waals surface area contributed by atoms with Crippen LogP contribution in [0.3, 0.4) is 0 Å². The summed E-state index contributed by atoms with van der Waals surface area (Å²) < 4.78 is 122. The van der Waals surface area contributed by atoms with Gasteiger partial charge in [-0.25, -0.2) is 27.2 Å². The number of esters is 2. The Morgan fingerprint density at radius 1 is 0.577 bits per heavy atom. The predicted molar refractivity (Wildman–Crippen MR) is 251 cm³/mol. The van der Waals surface area contributed by atoms with Gasteiger partial charge >= 0.3 is 35.6 Å². The van der Waals surface area contributed by atoms with E-state index in [1.807, 2.05) is 24.3 Å². The maximum Gasteiger partial charge on any atom is 0.342 e. The number of piperidine rings is 2. The topological polar surface area (TPSA) is 133 Å². The molecule has 0 amide bonds. The van der Waals surface area contributed by atoms with Crippen molar-refractivity contribution in [2.24, 2.45) is 0 Å². The van der Waals surface area contributed by atoms with Gasteiger partial charge in [0.1, 0.15) is 17.3 Å². The summed E-state index contributed by atoms with van der Waals surface area (Å²) in [5, 5.41) is 3.51. The molecule has 4 aliphatic rings. The summed E-state index contributed by atoms with van der Waals surface area (Å²) >= 11 is 0. The summed E-state index contributed by atoms with van der Waals surface area (Å²) in [6.45, 7) is -0.722. The van der Waals surface area contributed by atoms with E-state index in [1.54, 1.807) is 36.4 Å².